The highest BCUT2D eigenvalue weighted by Gasteiger charge is 2.19. The van der Waals surface area contributed by atoms with E-state index in [0.29, 0.717) is 19.3 Å². The van der Waals surface area contributed by atoms with Crippen LogP contribution in [-0.2, 0) is 28.6 Å². The summed E-state index contributed by atoms with van der Waals surface area (Å²) in [6, 6.07) is 0. The van der Waals surface area contributed by atoms with Crippen LogP contribution < -0.4 is 0 Å². The van der Waals surface area contributed by atoms with E-state index < -0.39 is 6.10 Å². The van der Waals surface area contributed by atoms with Gasteiger partial charge in [-0.05, 0) is 109 Å². The van der Waals surface area contributed by atoms with Crippen molar-refractivity contribution >= 4 is 17.9 Å². The number of esters is 3. The van der Waals surface area contributed by atoms with Crippen LogP contribution in [0.4, 0.5) is 0 Å². The normalized spacial score (nSPS) is 12.6. The van der Waals surface area contributed by atoms with E-state index in [2.05, 4.69) is 93.7 Å². The summed E-state index contributed by atoms with van der Waals surface area (Å²) in [6.45, 7) is 6.45. The molecular weight excluding hydrogens is 757 g/mol. The maximum Gasteiger partial charge on any atom is 0.306 e. The monoisotopic (exact) mass is 851 g/mol. The molecule has 0 N–H and O–H groups in total. The van der Waals surface area contributed by atoms with Crippen molar-refractivity contribution in [1.82, 2.24) is 0 Å². The Hall–Kier alpha value is -3.15. The molecule has 0 aliphatic carbocycles. The number of ether oxygens (including phenoxy) is 3. The number of unbranched alkanes of at least 4 members (excludes halogenated alkanes) is 22. The molecule has 0 aromatic carbocycles. The van der Waals surface area contributed by atoms with E-state index in [1.165, 1.54) is 96.3 Å². The molecule has 0 aliphatic rings. The third-order valence-corrected chi connectivity index (χ3v) is 10.7. The molecule has 0 saturated heterocycles. The molecule has 0 fully saturated rings. The standard InChI is InChI=1S/C55H94O6/c1-4-7-10-13-16-19-22-25-28-31-33-36-39-42-45-48-54(57)60-51-52(61-55(58)49-46-43-40-37-34-30-27-24-21-18-15-12-9-6-3)50-59-53(56)47-44-41-38-35-32-29-26-23-20-17-14-11-8-5-2/h7,10,16,19,23-28,33,36,52H,4-6,8-9,11-15,17-18,20-22,29-32,34-35,37-51H2,1-3H3/b10-7-,19-16-,26-23-,27-24-,28-25-,36-33-. The zero-order valence-electron chi connectivity index (χ0n) is 39.9. The largest absolute Gasteiger partial charge is 0.462 e. The van der Waals surface area contributed by atoms with Crippen molar-refractivity contribution in [2.75, 3.05) is 13.2 Å². The Kier molecular flexibility index (Phi) is 46.9. The van der Waals surface area contributed by atoms with E-state index in [4.69, 9.17) is 14.2 Å². The average Bonchev–Trinajstić information content (AvgIpc) is 3.26. The average molecular weight is 851 g/mol. The van der Waals surface area contributed by atoms with Crippen LogP contribution in [0.15, 0.2) is 72.9 Å². The molecule has 6 nitrogen and oxygen atoms in total. The molecule has 1 atom stereocenters. The fourth-order valence-corrected chi connectivity index (χ4v) is 6.83. The SMILES string of the molecule is CC/C=C\C/C=C\C/C=C\C/C=C\CCCCC(=O)OCC(COC(=O)CCCCCCC/C=C\CCCCCCC)OC(=O)CCCCCCC/C=C\CCCCCCC. The molecule has 0 rings (SSSR count). The maximum atomic E-state index is 12.8. The first-order chi connectivity index (χ1) is 30.0. The second-order valence-electron chi connectivity index (χ2n) is 16.7. The van der Waals surface area contributed by atoms with Gasteiger partial charge in [-0.2, -0.15) is 0 Å². The summed E-state index contributed by atoms with van der Waals surface area (Å²) in [5, 5.41) is 0. The lowest BCUT2D eigenvalue weighted by Crippen LogP contribution is -2.30. The summed E-state index contributed by atoms with van der Waals surface area (Å²) in [7, 11) is 0. The molecule has 0 saturated carbocycles. The second-order valence-corrected chi connectivity index (χ2v) is 16.7. The first kappa shape index (κ1) is 57.9. The molecular formula is C55H94O6. The van der Waals surface area contributed by atoms with Gasteiger partial charge < -0.3 is 14.2 Å². The van der Waals surface area contributed by atoms with E-state index in [1.54, 1.807) is 0 Å². The van der Waals surface area contributed by atoms with Gasteiger partial charge in [-0.3, -0.25) is 14.4 Å². The van der Waals surface area contributed by atoms with Gasteiger partial charge in [-0.1, -0.05) is 184 Å². The quantitative estimate of drug-likeness (QED) is 0.0263. The minimum Gasteiger partial charge on any atom is -0.462 e. The van der Waals surface area contributed by atoms with Gasteiger partial charge in [0.25, 0.3) is 0 Å². The van der Waals surface area contributed by atoms with Gasteiger partial charge in [0.1, 0.15) is 13.2 Å². The Bertz CT molecular complexity index is 1160. The Labute approximate surface area is 376 Å². The van der Waals surface area contributed by atoms with Crippen LogP contribution in [0.3, 0.4) is 0 Å². The Morgan fingerprint density at radius 2 is 0.639 bits per heavy atom. The molecule has 0 spiro atoms. The molecule has 0 aromatic heterocycles. The molecule has 6 heteroatoms. The van der Waals surface area contributed by atoms with E-state index >= 15 is 0 Å². The van der Waals surface area contributed by atoms with Gasteiger partial charge in [0.2, 0.25) is 0 Å². The van der Waals surface area contributed by atoms with Crippen LogP contribution in [0.2, 0.25) is 0 Å². The van der Waals surface area contributed by atoms with Gasteiger partial charge in [0, 0.05) is 19.3 Å². The summed E-state index contributed by atoms with van der Waals surface area (Å²) in [4.78, 5) is 37.9. The first-order valence-electron chi connectivity index (χ1n) is 25.4. The summed E-state index contributed by atoms with van der Waals surface area (Å²) in [5.41, 5.74) is 0. The number of allylic oxidation sites excluding steroid dienone is 12. The van der Waals surface area contributed by atoms with Crippen molar-refractivity contribution in [3.8, 4) is 0 Å². The third kappa shape index (κ3) is 47.7. The van der Waals surface area contributed by atoms with Crippen LogP contribution in [0.5, 0.6) is 0 Å². The second kappa shape index (κ2) is 49.5. The Balaban J connectivity index is 4.48. The summed E-state index contributed by atoms with van der Waals surface area (Å²) in [6.07, 6.45) is 61.7. The van der Waals surface area contributed by atoms with Crippen molar-refractivity contribution < 1.29 is 28.6 Å². The number of hydrogen-bond donors (Lipinski definition) is 0. The summed E-state index contributed by atoms with van der Waals surface area (Å²) in [5.74, 6) is -0.956. The highest BCUT2D eigenvalue weighted by Crippen LogP contribution is 2.13. The van der Waals surface area contributed by atoms with Crippen LogP contribution in [-0.4, -0.2) is 37.2 Å². The minimum atomic E-state index is -0.799. The first-order valence-corrected chi connectivity index (χ1v) is 25.4. The zero-order valence-corrected chi connectivity index (χ0v) is 39.9. The number of rotatable bonds is 45. The van der Waals surface area contributed by atoms with Crippen molar-refractivity contribution in [3.05, 3.63) is 72.9 Å². The number of hydrogen-bond acceptors (Lipinski definition) is 6. The highest BCUT2D eigenvalue weighted by atomic mass is 16.6. The summed E-state index contributed by atoms with van der Waals surface area (Å²) < 4.78 is 16.7. The van der Waals surface area contributed by atoms with E-state index in [9.17, 15) is 14.4 Å². The molecule has 0 aliphatic heterocycles. The fraction of sp³-hybridized carbons (Fsp3) is 0.727. The van der Waals surface area contributed by atoms with Crippen molar-refractivity contribution in [1.29, 1.82) is 0 Å². The Morgan fingerprint density at radius 1 is 0.344 bits per heavy atom. The highest BCUT2D eigenvalue weighted by molar-refractivity contribution is 5.71. The van der Waals surface area contributed by atoms with Crippen LogP contribution in [0.25, 0.3) is 0 Å². The molecule has 61 heavy (non-hydrogen) atoms. The number of carbonyl (C=O) groups excluding carboxylic acids is 3. The van der Waals surface area contributed by atoms with Gasteiger partial charge >= 0.3 is 17.9 Å². The molecule has 350 valence electrons. The van der Waals surface area contributed by atoms with Gasteiger partial charge in [0.15, 0.2) is 6.10 Å². The fourth-order valence-electron chi connectivity index (χ4n) is 6.83. The van der Waals surface area contributed by atoms with Gasteiger partial charge in [0.05, 0.1) is 0 Å². The van der Waals surface area contributed by atoms with Crippen molar-refractivity contribution in [2.24, 2.45) is 0 Å². The molecule has 0 bridgehead atoms. The van der Waals surface area contributed by atoms with E-state index in [-0.39, 0.29) is 31.1 Å². The molecule has 0 heterocycles. The number of carbonyl (C=O) groups is 3. The lowest BCUT2D eigenvalue weighted by molar-refractivity contribution is -0.167. The maximum absolute atomic E-state index is 12.8. The third-order valence-electron chi connectivity index (χ3n) is 10.7. The predicted molar refractivity (Wildman–Crippen MR) is 261 cm³/mol. The van der Waals surface area contributed by atoms with Crippen LogP contribution in [0.1, 0.15) is 239 Å². The Morgan fingerprint density at radius 3 is 1.05 bits per heavy atom. The van der Waals surface area contributed by atoms with Crippen molar-refractivity contribution in [2.45, 2.75) is 245 Å². The summed E-state index contributed by atoms with van der Waals surface area (Å²) >= 11 is 0. The topological polar surface area (TPSA) is 78.9 Å². The van der Waals surface area contributed by atoms with Gasteiger partial charge in [-0.15, -0.1) is 0 Å². The van der Waals surface area contributed by atoms with Crippen molar-refractivity contribution in [3.63, 3.8) is 0 Å². The molecule has 0 aromatic rings. The minimum absolute atomic E-state index is 0.0963. The van der Waals surface area contributed by atoms with E-state index in [0.717, 1.165) is 103 Å². The zero-order chi connectivity index (χ0) is 44.4. The smallest absolute Gasteiger partial charge is 0.306 e. The molecule has 1 unspecified atom stereocenters. The lowest BCUT2D eigenvalue weighted by Gasteiger charge is -2.18. The molecule has 0 radical (unpaired) electrons. The van der Waals surface area contributed by atoms with E-state index in [1.807, 2.05) is 0 Å². The van der Waals surface area contributed by atoms with Crippen LogP contribution >= 0.6 is 0 Å². The van der Waals surface area contributed by atoms with Crippen LogP contribution in [0, 0.1) is 0 Å². The van der Waals surface area contributed by atoms with Gasteiger partial charge in [-0.25, -0.2) is 0 Å². The molecule has 0 amide bonds. The predicted octanol–water partition coefficient (Wildman–Crippen LogP) is 16.6. The lowest BCUT2D eigenvalue weighted by atomic mass is 10.1.